The number of pyridine rings is 2. The second kappa shape index (κ2) is 7.89. The molecule has 4 nitrogen and oxygen atoms in total. The number of benzene rings is 1. The predicted octanol–water partition coefficient (Wildman–Crippen LogP) is 4.70. The molecule has 136 valence electrons. The molecule has 1 aliphatic rings. The van der Waals surface area contributed by atoms with Gasteiger partial charge in [-0.1, -0.05) is 35.9 Å². The number of aromatic nitrogens is 2. The van der Waals surface area contributed by atoms with Crippen LogP contribution in [0.15, 0.2) is 67.0 Å². The first-order valence-corrected chi connectivity index (χ1v) is 9.50. The van der Waals surface area contributed by atoms with E-state index in [0.29, 0.717) is 12.0 Å². The number of amides is 1. The van der Waals surface area contributed by atoms with Crippen molar-refractivity contribution in [1.29, 1.82) is 0 Å². The van der Waals surface area contributed by atoms with Gasteiger partial charge in [0.25, 0.3) is 5.91 Å². The maximum absolute atomic E-state index is 12.9. The van der Waals surface area contributed by atoms with Crippen molar-refractivity contribution in [1.82, 2.24) is 14.9 Å². The van der Waals surface area contributed by atoms with E-state index in [-0.39, 0.29) is 11.9 Å². The average Bonchev–Trinajstić information content (AvgIpc) is 3.20. The first-order chi connectivity index (χ1) is 13.2. The van der Waals surface area contributed by atoms with Gasteiger partial charge in [0.05, 0.1) is 17.3 Å². The van der Waals surface area contributed by atoms with E-state index >= 15 is 0 Å². The van der Waals surface area contributed by atoms with Gasteiger partial charge in [0.15, 0.2) is 0 Å². The zero-order valence-electron chi connectivity index (χ0n) is 14.9. The Morgan fingerprint density at radius 1 is 1.11 bits per heavy atom. The summed E-state index contributed by atoms with van der Waals surface area (Å²) in [7, 11) is 0. The molecule has 4 rings (SSSR count). The molecule has 1 aromatic carbocycles. The fourth-order valence-corrected chi connectivity index (χ4v) is 3.79. The highest BCUT2D eigenvalue weighted by molar-refractivity contribution is 6.31. The van der Waals surface area contributed by atoms with Crippen molar-refractivity contribution in [3.8, 4) is 0 Å². The molecule has 1 saturated heterocycles. The molecule has 3 heterocycles. The molecule has 0 unspecified atom stereocenters. The SMILES string of the molecule is O=C(c1cccnc1)N1CCC[C@@H]1c1cccc(Cc2ccccc2Cl)n1. The molecule has 1 atom stereocenters. The van der Waals surface area contributed by atoms with Crippen molar-refractivity contribution >= 4 is 17.5 Å². The Hall–Kier alpha value is -2.72. The Morgan fingerprint density at radius 2 is 2.00 bits per heavy atom. The highest BCUT2D eigenvalue weighted by Crippen LogP contribution is 2.32. The number of hydrogen-bond donors (Lipinski definition) is 0. The minimum Gasteiger partial charge on any atom is -0.330 e. The average molecular weight is 378 g/mol. The van der Waals surface area contributed by atoms with Crippen LogP contribution in [0.4, 0.5) is 0 Å². The standard InChI is InChI=1S/C22H20ClN3O/c23-19-9-2-1-6-16(19)14-18-8-3-10-20(25-18)21-11-5-13-26(21)22(27)17-7-4-12-24-15-17/h1-4,6-10,12,15,21H,5,11,13-14H2/t21-/m1/s1. The Labute approximate surface area is 163 Å². The Morgan fingerprint density at radius 3 is 2.81 bits per heavy atom. The molecule has 0 aliphatic carbocycles. The summed E-state index contributed by atoms with van der Waals surface area (Å²) in [6.45, 7) is 0.745. The zero-order chi connectivity index (χ0) is 18.6. The lowest BCUT2D eigenvalue weighted by atomic mass is 10.1. The third-order valence-electron chi connectivity index (χ3n) is 4.92. The lowest BCUT2D eigenvalue weighted by Gasteiger charge is -2.24. The number of carbonyl (C=O) groups is 1. The van der Waals surface area contributed by atoms with Gasteiger partial charge in [-0.2, -0.15) is 0 Å². The maximum atomic E-state index is 12.9. The molecule has 1 fully saturated rings. The Bertz CT molecular complexity index is 945. The van der Waals surface area contributed by atoms with E-state index in [1.54, 1.807) is 18.5 Å². The van der Waals surface area contributed by atoms with Gasteiger partial charge in [-0.25, -0.2) is 0 Å². The summed E-state index contributed by atoms with van der Waals surface area (Å²) in [5, 5.41) is 0.749. The Balaban J connectivity index is 1.57. The van der Waals surface area contributed by atoms with Crippen molar-refractivity contribution in [3.63, 3.8) is 0 Å². The smallest absolute Gasteiger partial charge is 0.255 e. The molecule has 27 heavy (non-hydrogen) atoms. The van der Waals surface area contributed by atoms with E-state index in [0.717, 1.165) is 41.4 Å². The monoisotopic (exact) mass is 377 g/mol. The second-order valence-electron chi connectivity index (χ2n) is 6.72. The first kappa shape index (κ1) is 17.7. The van der Waals surface area contributed by atoms with Crippen LogP contribution in [0.3, 0.4) is 0 Å². The van der Waals surface area contributed by atoms with Crippen LogP contribution in [-0.2, 0) is 6.42 Å². The van der Waals surface area contributed by atoms with Crippen molar-refractivity contribution in [3.05, 3.63) is 94.5 Å². The van der Waals surface area contributed by atoms with Gasteiger partial charge in [0.2, 0.25) is 0 Å². The first-order valence-electron chi connectivity index (χ1n) is 9.12. The molecule has 1 aliphatic heterocycles. The van der Waals surface area contributed by atoms with Crippen LogP contribution < -0.4 is 0 Å². The molecule has 0 spiro atoms. The van der Waals surface area contributed by atoms with Crippen LogP contribution in [0, 0.1) is 0 Å². The number of rotatable bonds is 4. The van der Waals surface area contributed by atoms with Crippen LogP contribution >= 0.6 is 11.6 Å². The molecule has 0 saturated carbocycles. The van der Waals surface area contributed by atoms with Crippen molar-refractivity contribution < 1.29 is 4.79 Å². The summed E-state index contributed by atoms with van der Waals surface area (Å²) in [4.78, 5) is 23.7. The minimum atomic E-state index is 0.00361. The highest BCUT2D eigenvalue weighted by atomic mass is 35.5. The molecular formula is C22H20ClN3O. The Kier molecular flexibility index (Phi) is 5.16. The highest BCUT2D eigenvalue weighted by Gasteiger charge is 2.31. The van der Waals surface area contributed by atoms with Gasteiger partial charge in [-0.15, -0.1) is 0 Å². The van der Waals surface area contributed by atoms with Gasteiger partial charge in [0, 0.05) is 36.1 Å². The van der Waals surface area contributed by atoms with Crippen LogP contribution in [-0.4, -0.2) is 27.3 Å². The van der Waals surface area contributed by atoms with Gasteiger partial charge in [-0.3, -0.25) is 14.8 Å². The number of halogens is 1. The number of nitrogens with zero attached hydrogens (tertiary/aromatic N) is 3. The minimum absolute atomic E-state index is 0.00361. The van der Waals surface area contributed by atoms with Crippen LogP contribution in [0.25, 0.3) is 0 Å². The molecule has 5 heteroatoms. The topological polar surface area (TPSA) is 46.1 Å². The van der Waals surface area contributed by atoms with Crippen LogP contribution in [0.1, 0.15) is 46.2 Å². The molecule has 0 radical (unpaired) electrons. The third kappa shape index (κ3) is 3.86. The molecule has 3 aromatic rings. The largest absolute Gasteiger partial charge is 0.330 e. The summed E-state index contributed by atoms with van der Waals surface area (Å²) in [5.41, 5.74) is 3.57. The number of carbonyl (C=O) groups excluding carboxylic acids is 1. The molecule has 0 N–H and O–H groups in total. The summed E-state index contributed by atoms with van der Waals surface area (Å²) in [6, 6.07) is 17.5. The summed E-state index contributed by atoms with van der Waals surface area (Å²) < 4.78 is 0. The molecular weight excluding hydrogens is 358 g/mol. The molecule has 0 bridgehead atoms. The summed E-state index contributed by atoms with van der Waals surface area (Å²) in [6.07, 6.45) is 5.88. The lowest BCUT2D eigenvalue weighted by molar-refractivity contribution is 0.0732. The summed E-state index contributed by atoms with van der Waals surface area (Å²) in [5.74, 6) is 0.0175. The third-order valence-corrected chi connectivity index (χ3v) is 5.29. The second-order valence-corrected chi connectivity index (χ2v) is 7.13. The van der Waals surface area contributed by atoms with E-state index in [2.05, 4.69) is 4.98 Å². The van der Waals surface area contributed by atoms with Crippen LogP contribution in [0.5, 0.6) is 0 Å². The van der Waals surface area contributed by atoms with Gasteiger partial charge in [0.1, 0.15) is 0 Å². The predicted molar refractivity (Wildman–Crippen MR) is 106 cm³/mol. The van der Waals surface area contributed by atoms with Crippen molar-refractivity contribution in [2.75, 3.05) is 6.54 Å². The fraction of sp³-hybridized carbons (Fsp3) is 0.227. The summed E-state index contributed by atoms with van der Waals surface area (Å²) >= 11 is 6.29. The van der Waals surface area contributed by atoms with Crippen molar-refractivity contribution in [2.24, 2.45) is 0 Å². The van der Waals surface area contributed by atoms with Gasteiger partial charge in [-0.05, 0) is 48.7 Å². The van der Waals surface area contributed by atoms with Gasteiger partial charge >= 0.3 is 0 Å². The molecule has 1 amide bonds. The van der Waals surface area contributed by atoms with E-state index < -0.39 is 0 Å². The maximum Gasteiger partial charge on any atom is 0.255 e. The fourth-order valence-electron chi connectivity index (χ4n) is 3.59. The number of hydrogen-bond acceptors (Lipinski definition) is 3. The van der Waals surface area contributed by atoms with Crippen LogP contribution in [0.2, 0.25) is 5.02 Å². The van der Waals surface area contributed by atoms with E-state index in [4.69, 9.17) is 16.6 Å². The lowest BCUT2D eigenvalue weighted by Crippen LogP contribution is -2.31. The van der Waals surface area contributed by atoms with E-state index in [9.17, 15) is 4.79 Å². The zero-order valence-corrected chi connectivity index (χ0v) is 15.6. The van der Waals surface area contributed by atoms with E-state index in [1.165, 1.54) is 0 Å². The van der Waals surface area contributed by atoms with E-state index in [1.807, 2.05) is 53.4 Å². The van der Waals surface area contributed by atoms with Gasteiger partial charge < -0.3 is 4.90 Å². The van der Waals surface area contributed by atoms with Crippen molar-refractivity contribution in [2.45, 2.75) is 25.3 Å². The normalized spacial score (nSPS) is 16.5. The number of likely N-dealkylation sites (tertiary alicyclic amines) is 1. The quantitative estimate of drug-likeness (QED) is 0.662. The molecule has 2 aromatic heterocycles.